The van der Waals surface area contributed by atoms with Gasteiger partial charge in [-0.25, -0.2) is 9.97 Å². The minimum Gasteiger partial charge on any atom is -0.228 e. The van der Waals surface area contributed by atoms with Crippen molar-refractivity contribution < 1.29 is 0 Å². The van der Waals surface area contributed by atoms with E-state index < -0.39 is 0 Å². The maximum atomic E-state index is 5.04. The van der Waals surface area contributed by atoms with Crippen molar-refractivity contribution in [3.8, 4) is 33.9 Å². The molecule has 2 aliphatic rings. The molecule has 0 unspecified atom stereocenters. The summed E-state index contributed by atoms with van der Waals surface area (Å²) in [7, 11) is 0. The number of allylic oxidation sites excluding steroid dienone is 5. The Hall–Kier alpha value is -6.03. The van der Waals surface area contributed by atoms with E-state index in [1.54, 1.807) is 0 Å². The highest BCUT2D eigenvalue weighted by Crippen LogP contribution is 2.61. The van der Waals surface area contributed by atoms with Crippen LogP contribution in [0.5, 0.6) is 0 Å². The van der Waals surface area contributed by atoms with Gasteiger partial charge in [-0.2, -0.15) is 0 Å². The van der Waals surface area contributed by atoms with Gasteiger partial charge in [-0.3, -0.25) is 0 Å². The first-order chi connectivity index (χ1) is 25.1. The molecule has 3 heteroatoms. The number of nitrogens with zero attached hydrogens (tertiary/aromatic N) is 2. The van der Waals surface area contributed by atoms with Crippen molar-refractivity contribution in [1.29, 1.82) is 0 Å². The molecule has 0 saturated heterocycles. The molecule has 0 atom stereocenters. The Balaban J connectivity index is 1.16. The molecular formula is C48H34N2S. The zero-order valence-electron chi connectivity index (χ0n) is 28.3. The highest BCUT2D eigenvalue weighted by molar-refractivity contribution is 7.99. The van der Waals surface area contributed by atoms with E-state index in [1.165, 1.54) is 43.2 Å². The summed E-state index contributed by atoms with van der Waals surface area (Å²) in [5.74, 6) is 0.698. The van der Waals surface area contributed by atoms with Crippen LogP contribution in [0.1, 0.15) is 34.7 Å². The topological polar surface area (TPSA) is 25.8 Å². The molecule has 1 aliphatic carbocycles. The summed E-state index contributed by atoms with van der Waals surface area (Å²) in [6, 6.07) is 58.0. The van der Waals surface area contributed by atoms with Gasteiger partial charge in [0.25, 0.3) is 0 Å². The van der Waals surface area contributed by atoms with Gasteiger partial charge in [0.05, 0.1) is 16.8 Å². The molecule has 2 heterocycles. The molecule has 7 aromatic rings. The predicted octanol–water partition coefficient (Wildman–Crippen LogP) is 12.3. The maximum Gasteiger partial charge on any atom is 0.160 e. The van der Waals surface area contributed by atoms with Crippen LogP contribution in [0.15, 0.2) is 198 Å². The van der Waals surface area contributed by atoms with Gasteiger partial charge in [0, 0.05) is 26.5 Å². The molecule has 0 N–H and O–H groups in total. The fourth-order valence-corrected chi connectivity index (χ4v) is 9.04. The average molecular weight is 671 g/mol. The quantitative estimate of drug-likeness (QED) is 0.165. The van der Waals surface area contributed by atoms with Crippen LogP contribution in [0.3, 0.4) is 0 Å². The zero-order chi connectivity index (χ0) is 34.4. The molecule has 0 radical (unpaired) electrons. The van der Waals surface area contributed by atoms with Crippen molar-refractivity contribution in [3.63, 3.8) is 0 Å². The Morgan fingerprint density at radius 1 is 0.569 bits per heavy atom. The minimum absolute atomic E-state index is 0.366. The van der Waals surface area contributed by atoms with Crippen molar-refractivity contribution in [2.24, 2.45) is 0 Å². The Kier molecular flexibility index (Phi) is 7.71. The lowest BCUT2D eigenvalue weighted by Crippen LogP contribution is -2.32. The van der Waals surface area contributed by atoms with Crippen LogP contribution in [-0.4, -0.2) is 9.97 Å². The van der Waals surface area contributed by atoms with E-state index in [9.17, 15) is 0 Å². The second-order valence-corrected chi connectivity index (χ2v) is 14.1. The third kappa shape index (κ3) is 5.12. The van der Waals surface area contributed by atoms with E-state index >= 15 is 0 Å². The monoisotopic (exact) mass is 670 g/mol. The fourth-order valence-electron chi connectivity index (χ4n) is 7.84. The van der Waals surface area contributed by atoms with E-state index in [-0.39, 0.29) is 5.41 Å². The van der Waals surface area contributed by atoms with E-state index in [1.807, 2.05) is 54.2 Å². The Bertz CT molecular complexity index is 2410. The molecule has 242 valence electrons. The van der Waals surface area contributed by atoms with Crippen LogP contribution in [0.2, 0.25) is 0 Å². The summed E-state index contributed by atoms with van der Waals surface area (Å²) >= 11 is 1.87. The van der Waals surface area contributed by atoms with Crippen molar-refractivity contribution in [2.45, 2.75) is 22.1 Å². The van der Waals surface area contributed by atoms with Crippen molar-refractivity contribution in [1.82, 2.24) is 9.97 Å². The first kappa shape index (κ1) is 31.0. The first-order valence-electron chi connectivity index (χ1n) is 17.3. The van der Waals surface area contributed by atoms with E-state index in [2.05, 4.69) is 147 Å². The van der Waals surface area contributed by atoms with Gasteiger partial charge in [0.15, 0.2) is 5.82 Å². The second-order valence-electron chi connectivity index (χ2n) is 13.0. The fraction of sp³-hybridized carbons (Fsp3) is 0.0417. The Labute approximate surface area is 303 Å². The number of benzene rings is 6. The average Bonchev–Trinajstić information content (AvgIpc) is 3.44. The zero-order valence-corrected chi connectivity index (χ0v) is 29.1. The summed E-state index contributed by atoms with van der Waals surface area (Å²) in [5.41, 5.74) is 14.5. The van der Waals surface area contributed by atoms with Crippen LogP contribution >= 0.6 is 11.8 Å². The van der Waals surface area contributed by atoms with Crippen LogP contribution in [0.4, 0.5) is 0 Å². The largest absolute Gasteiger partial charge is 0.228 e. The van der Waals surface area contributed by atoms with Crippen LogP contribution in [0, 0.1) is 0 Å². The maximum absolute atomic E-state index is 5.04. The summed E-state index contributed by atoms with van der Waals surface area (Å²) in [4.78, 5) is 12.7. The number of hydrogen-bond donors (Lipinski definition) is 0. The normalized spacial score (nSPS) is 14.2. The lowest BCUT2D eigenvalue weighted by molar-refractivity contribution is 0.701. The summed E-state index contributed by atoms with van der Waals surface area (Å²) in [5, 5.41) is 0. The van der Waals surface area contributed by atoms with Gasteiger partial charge in [0.2, 0.25) is 0 Å². The van der Waals surface area contributed by atoms with Gasteiger partial charge in [-0.15, -0.1) is 0 Å². The molecule has 9 rings (SSSR count). The minimum atomic E-state index is -0.366. The van der Waals surface area contributed by atoms with E-state index in [4.69, 9.17) is 9.97 Å². The number of fused-ring (bicyclic) bond motifs is 6. The van der Waals surface area contributed by atoms with Gasteiger partial charge in [-0.05, 0) is 75.7 Å². The van der Waals surface area contributed by atoms with Crippen LogP contribution in [0.25, 0.3) is 45.0 Å². The number of rotatable bonds is 6. The van der Waals surface area contributed by atoms with E-state index in [0.717, 1.165) is 39.2 Å². The molecule has 0 amide bonds. The summed E-state index contributed by atoms with van der Waals surface area (Å²) < 4.78 is 0. The molecule has 0 bridgehead atoms. The highest BCUT2D eigenvalue weighted by atomic mass is 32.2. The van der Waals surface area contributed by atoms with Crippen molar-refractivity contribution in [2.75, 3.05) is 0 Å². The summed E-state index contributed by atoms with van der Waals surface area (Å²) in [6.45, 7) is 6.61. The molecule has 1 aliphatic heterocycles. The predicted molar refractivity (Wildman–Crippen MR) is 212 cm³/mol. The number of hydrogen-bond acceptors (Lipinski definition) is 3. The molecule has 0 fully saturated rings. The molecular weight excluding hydrogens is 637 g/mol. The standard InChI is InChI=1S/C48H34N2S/c1-3-33(34-26-28-37(29-27-34)47-49-43(35-16-6-4-7-17-35)31-44(50-47)36-18-8-5-9-19-36)30-39-32(2)48(40-21-11-10-20-38(39)40)41-22-12-14-24-45(41)51-46-25-15-13-23-42(46)48/h3-31H,1H2,2H3/b33-30+. The molecule has 1 aromatic heterocycles. The smallest absolute Gasteiger partial charge is 0.160 e. The molecule has 2 nitrogen and oxygen atoms in total. The molecule has 51 heavy (non-hydrogen) atoms. The van der Waals surface area contributed by atoms with Gasteiger partial charge < -0.3 is 0 Å². The van der Waals surface area contributed by atoms with Gasteiger partial charge in [0.1, 0.15) is 0 Å². The SMILES string of the molecule is C=C/C(=C\C1=C(C)C2(c3ccccc3Sc3ccccc32)c2ccccc21)c1ccc(-c2nc(-c3ccccc3)cc(-c3ccccc3)n2)cc1. The Morgan fingerprint density at radius 2 is 1.08 bits per heavy atom. The van der Waals surface area contributed by atoms with E-state index in [0.29, 0.717) is 5.82 Å². The third-order valence-electron chi connectivity index (χ3n) is 10.3. The first-order valence-corrected chi connectivity index (χ1v) is 18.1. The molecule has 0 saturated carbocycles. The lowest BCUT2D eigenvalue weighted by Gasteiger charge is -2.40. The number of aromatic nitrogens is 2. The third-order valence-corrected chi connectivity index (χ3v) is 11.4. The van der Waals surface area contributed by atoms with Crippen LogP contribution in [-0.2, 0) is 5.41 Å². The molecule has 1 spiro atoms. The lowest BCUT2D eigenvalue weighted by atomic mass is 9.67. The highest BCUT2D eigenvalue weighted by Gasteiger charge is 2.49. The second kappa shape index (κ2) is 12.7. The van der Waals surface area contributed by atoms with Gasteiger partial charge in [-0.1, -0.05) is 170 Å². The Morgan fingerprint density at radius 3 is 1.65 bits per heavy atom. The van der Waals surface area contributed by atoms with Crippen molar-refractivity contribution in [3.05, 3.63) is 216 Å². The molecule has 6 aromatic carbocycles. The van der Waals surface area contributed by atoms with Crippen LogP contribution < -0.4 is 0 Å². The van der Waals surface area contributed by atoms with Gasteiger partial charge >= 0.3 is 0 Å². The summed E-state index contributed by atoms with van der Waals surface area (Å²) in [6.07, 6.45) is 4.31. The van der Waals surface area contributed by atoms with Crippen molar-refractivity contribution >= 4 is 22.9 Å².